The number of amides is 2. The highest BCUT2D eigenvalue weighted by molar-refractivity contribution is 6.30. The zero-order valence-electron chi connectivity index (χ0n) is 14.9. The highest BCUT2D eigenvalue weighted by atomic mass is 35.5. The van der Waals surface area contributed by atoms with Crippen LogP contribution < -0.4 is 10.6 Å². The van der Waals surface area contributed by atoms with E-state index in [2.05, 4.69) is 10.6 Å². The lowest BCUT2D eigenvalue weighted by Crippen LogP contribution is -2.31. The molecule has 6 nitrogen and oxygen atoms in total. The smallest absolute Gasteiger partial charge is 0.306 e. The molecule has 0 saturated carbocycles. The summed E-state index contributed by atoms with van der Waals surface area (Å²) >= 11 is 5.77. The number of rotatable bonds is 8. The van der Waals surface area contributed by atoms with Crippen LogP contribution in [0.25, 0.3) is 0 Å². The topological polar surface area (TPSA) is 84.5 Å². The van der Waals surface area contributed by atoms with Crippen LogP contribution in [0.3, 0.4) is 0 Å². The monoisotopic (exact) mass is 388 g/mol. The Bertz CT molecular complexity index is 778. The molecule has 0 aromatic heterocycles. The van der Waals surface area contributed by atoms with Crippen LogP contribution in [0.1, 0.15) is 31.4 Å². The van der Waals surface area contributed by atoms with Gasteiger partial charge in [0.15, 0.2) is 6.61 Å². The molecule has 0 aliphatic heterocycles. The number of benzene rings is 2. The van der Waals surface area contributed by atoms with E-state index >= 15 is 0 Å². The standard InChI is InChI=1S/C20H21ClN2O4/c1-14(15-5-3-2-4-6-15)22-19(25)13-27-20(26)12-11-18(24)23-17-9-7-16(21)8-10-17/h2-10,14H,11-13H2,1H3,(H,22,25)(H,23,24)/t14-/m1/s1. The molecule has 0 aliphatic carbocycles. The second-order valence-electron chi connectivity index (χ2n) is 5.92. The number of nitrogens with one attached hydrogen (secondary N) is 2. The normalized spacial score (nSPS) is 11.3. The Morgan fingerprint density at radius 3 is 2.30 bits per heavy atom. The molecule has 142 valence electrons. The van der Waals surface area contributed by atoms with E-state index in [0.717, 1.165) is 5.56 Å². The van der Waals surface area contributed by atoms with Crippen LogP contribution in [0.15, 0.2) is 54.6 Å². The summed E-state index contributed by atoms with van der Waals surface area (Å²) in [5.74, 6) is -1.33. The first-order valence-electron chi connectivity index (χ1n) is 8.49. The van der Waals surface area contributed by atoms with Crippen molar-refractivity contribution in [3.8, 4) is 0 Å². The van der Waals surface area contributed by atoms with E-state index in [9.17, 15) is 14.4 Å². The van der Waals surface area contributed by atoms with Crippen molar-refractivity contribution in [2.75, 3.05) is 11.9 Å². The molecule has 0 bridgehead atoms. The summed E-state index contributed by atoms with van der Waals surface area (Å²) in [6, 6.07) is 15.9. The predicted octanol–water partition coefficient (Wildman–Crippen LogP) is 3.48. The van der Waals surface area contributed by atoms with Crippen molar-refractivity contribution in [2.45, 2.75) is 25.8 Å². The second-order valence-corrected chi connectivity index (χ2v) is 6.35. The molecule has 2 rings (SSSR count). The SMILES string of the molecule is C[C@@H](NC(=O)COC(=O)CCC(=O)Nc1ccc(Cl)cc1)c1ccccc1. The number of hydrogen-bond donors (Lipinski definition) is 2. The fraction of sp³-hybridized carbons (Fsp3) is 0.250. The van der Waals surface area contributed by atoms with Crippen molar-refractivity contribution >= 4 is 35.1 Å². The number of carbonyl (C=O) groups is 3. The van der Waals surface area contributed by atoms with Crippen molar-refractivity contribution in [3.05, 3.63) is 65.2 Å². The van der Waals surface area contributed by atoms with Crippen molar-refractivity contribution in [1.82, 2.24) is 5.32 Å². The summed E-state index contributed by atoms with van der Waals surface area (Å²) in [6.45, 7) is 1.46. The van der Waals surface area contributed by atoms with Crippen LogP contribution >= 0.6 is 11.6 Å². The van der Waals surface area contributed by atoms with Gasteiger partial charge in [-0.05, 0) is 36.8 Å². The minimum atomic E-state index is -0.608. The lowest BCUT2D eigenvalue weighted by molar-refractivity contribution is -0.149. The molecule has 0 fully saturated rings. The Hall–Kier alpha value is -2.86. The number of halogens is 1. The van der Waals surface area contributed by atoms with Crippen molar-refractivity contribution < 1.29 is 19.1 Å². The quantitative estimate of drug-likeness (QED) is 0.678. The molecule has 0 saturated heterocycles. The first-order valence-corrected chi connectivity index (χ1v) is 8.87. The molecule has 2 N–H and O–H groups in total. The Morgan fingerprint density at radius 1 is 0.963 bits per heavy atom. The zero-order chi connectivity index (χ0) is 19.6. The van der Waals surface area contributed by atoms with Gasteiger partial charge in [0.1, 0.15) is 0 Å². The van der Waals surface area contributed by atoms with Crippen LogP contribution in [0.4, 0.5) is 5.69 Å². The Morgan fingerprint density at radius 2 is 1.63 bits per heavy atom. The number of carbonyl (C=O) groups excluding carboxylic acids is 3. The van der Waals surface area contributed by atoms with Gasteiger partial charge < -0.3 is 15.4 Å². The van der Waals surface area contributed by atoms with E-state index < -0.39 is 11.9 Å². The maximum Gasteiger partial charge on any atom is 0.306 e. The number of hydrogen-bond acceptors (Lipinski definition) is 4. The highest BCUT2D eigenvalue weighted by Crippen LogP contribution is 2.14. The lowest BCUT2D eigenvalue weighted by atomic mass is 10.1. The molecule has 2 amide bonds. The zero-order valence-corrected chi connectivity index (χ0v) is 15.7. The van der Waals surface area contributed by atoms with E-state index in [0.29, 0.717) is 10.7 Å². The molecule has 2 aromatic carbocycles. The fourth-order valence-electron chi connectivity index (χ4n) is 2.30. The van der Waals surface area contributed by atoms with Gasteiger partial charge in [-0.2, -0.15) is 0 Å². The third-order valence-corrected chi connectivity index (χ3v) is 3.98. The molecule has 0 radical (unpaired) electrons. The predicted molar refractivity (Wildman–Crippen MR) is 103 cm³/mol. The van der Waals surface area contributed by atoms with E-state index in [-0.39, 0.29) is 31.4 Å². The molecule has 1 atom stereocenters. The Labute approximate surface area is 162 Å². The molecular formula is C20H21ClN2O4. The first-order chi connectivity index (χ1) is 12.9. The van der Waals surface area contributed by atoms with Crippen LogP contribution in [0, 0.1) is 0 Å². The highest BCUT2D eigenvalue weighted by Gasteiger charge is 2.13. The molecular weight excluding hydrogens is 368 g/mol. The number of ether oxygens (including phenoxy) is 1. The fourth-order valence-corrected chi connectivity index (χ4v) is 2.42. The van der Waals surface area contributed by atoms with Crippen molar-refractivity contribution in [1.29, 1.82) is 0 Å². The molecule has 0 heterocycles. The number of anilines is 1. The summed E-state index contributed by atoms with van der Waals surface area (Å²) in [7, 11) is 0. The second kappa shape index (κ2) is 10.3. The van der Waals surface area contributed by atoms with Gasteiger partial charge in [0.2, 0.25) is 5.91 Å². The van der Waals surface area contributed by atoms with Crippen LogP contribution in [-0.4, -0.2) is 24.4 Å². The lowest BCUT2D eigenvalue weighted by Gasteiger charge is -2.14. The van der Waals surface area contributed by atoms with Gasteiger partial charge >= 0.3 is 5.97 Å². The maximum absolute atomic E-state index is 11.9. The summed E-state index contributed by atoms with van der Waals surface area (Å²) < 4.78 is 4.91. The number of esters is 1. The van der Waals surface area contributed by atoms with E-state index in [1.807, 2.05) is 37.3 Å². The first kappa shape index (κ1) is 20.5. The summed E-state index contributed by atoms with van der Waals surface area (Å²) in [6.07, 6.45) is -0.148. The Balaban J connectivity index is 1.65. The third-order valence-electron chi connectivity index (χ3n) is 3.73. The minimum Gasteiger partial charge on any atom is -0.456 e. The summed E-state index contributed by atoms with van der Waals surface area (Å²) in [4.78, 5) is 35.4. The minimum absolute atomic E-state index is 0.0382. The van der Waals surface area contributed by atoms with Gasteiger partial charge in [0.05, 0.1) is 12.5 Å². The van der Waals surface area contributed by atoms with Crippen LogP contribution in [0.2, 0.25) is 5.02 Å². The average Bonchev–Trinajstić information content (AvgIpc) is 2.67. The van der Waals surface area contributed by atoms with Crippen molar-refractivity contribution in [2.24, 2.45) is 0 Å². The molecule has 0 unspecified atom stereocenters. The van der Waals surface area contributed by atoms with E-state index in [4.69, 9.17) is 16.3 Å². The van der Waals surface area contributed by atoms with Gasteiger partial charge in [0, 0.05) is 17.1 Å². The largest absolute Gasteiger partial charge is 0.456 e. The van der Waals surface area contributed by atoms with Gasteiger partial charge in [-0.1, -0.05) is 41.9 Å². The van der Waals surface area contributed by atoms with Crippen LogP contribution in [-0.2, 0) is 19.1 Å². The molecule has 7 heteroatoms. The summed E-state index contributed by atoms with van der Waals surface area (Å²) in [5.41, 5.74) is 1.54. The van der Waals surface area contributed by atoms with Crippen LogP contribution in [0.5, 0.6) is 0 Å². The molecule has 27 heavy (non-hydrogen) atoms. The molecule has 2 aromatic rings. The van der Waals surface area contributed by atoms with Crippen molar-refractivity contribution in [3.63, 3.8) is 0 Å². The van der Waals surface area contributed by atoms with Gasteiger partial charge in [0.25, 0.3) is 5.91 Å². The summed E-state index contributed by atoms with van der Waals surface area (Å²) in [5, 5.41) is 5.96. The maximum atomic E-state index is 11.9. The van der Waals surface area contributed by atoms with Gasteiger partial charge in [-0.25, -0.2) is 0 Å². The van der Waals surface area contributed by atoms with Gasteiger partial charge in [-0.15, -0.1) is 0 Å². The third kappa shape index (κ3) is 7.50. The van der Waals surface area contributed by atoms with E-state index in [1.54, 1.807) is 24.3 Å². The average molecular weight is 389 g/mol. The van der Waals surface area contributed by atoms with E-state index in [1.165, 1.54) is 0 Å². The molecule has 0 aliphatic rings. The molecule has 0 spiro atoms. The Kier molecular flexibility index (Phi) is 7.82. The van der Waals surface area contributed by atoms with Gasteiger partial charge in [-0.3, -0.25) is 14.4 Å².